The van der Waals surface area contributed by atoms with E-state index in [0.717, 1.165) is 12.8 Å². The van der Waals surface area contributed by atoms with Gasteiger partial charge in [-0.2, -0.15) is 0 Å². The summed E-state index contributed by atoms with van der Waals surface area (Å²) in [6.07, 6.45) is 2.43. The number of amides is 1. The molecule has 1 atom stereocenters. The van der Waals surface area contributed by atoms with Crippen LogP contribution in [0.3, 0.4) is 0 Å². The zero-order valence-corrected chi connectivity index (χ0v) is 11.6. The number of likely N-dealkylation sites (tertiary alicyclic amines) is 1. The second kappa shape index (κ2) is 7.06. The zero-order chi connectivity index (χ0) is 15.2. The minimum atomic E-state index is -0.911. The molecule has 1 unspecified atom stereocenters. The summed E-state index contributed by atoms with van der Waals surface area (Å²) in [6.45, 7) is 0.336. The Bertz CT molecular complexity index is 520. The Hall–Kier alpha value is -2.11. The molecule has 1 N–H and O–H groups in total. The van der Waals surface area contributed by atoms with Crippen LogP contribution in [-0.2, 0) is 9.59 Å². The average molecular weight is 295 g/mol. The molecule has 1 fully saturated rings. The number of carbonyl (C=O) groups is 2. The monoisotopic (exact) mass is 295 g/mol. The molecule has 5 nitrogen and oxygen atoms in total. The Balaban J connectivity index is 1.92. The Morgan fingerprint density at radius 3 is 2.90 bits per heavy atom. The normalized spacial score (nSPS) is 18.3. The number of benzene rings is 1. The topological polar surface area (TPSA) is 66.8 Å². The van der Waals surface area contributed by atoms with Gasteiger partial charge >= 0.3 is 5.97 Å². The van der Waals surface area contributed by atoms with Crippen LogP contribution in [0.1, 0.15) is 25.7 Å². The fourth-order valence-electron chi connectivity index (χ4n) is 2.53. The summed E-state index contributed by atoms with van der Waals surface area (Å²) in [7, 11) is 0. The Kier molecular flexibility index (Phi) is 5.14. The SMILES string of the molecule is O=C(O)CC1CCCCN1C(=O)COc1cccc(F)c1. The lowest BCUT2D eigenvalue weighted by Crippen LogP contribution is -2.46. The summed E-state index contributed by atoms with van der Waals surface area (Å²) < 4.78 is 18.3. The highest BCUT2D eigenvalue weighted by atomic mass is 19.1. The van der Waals surface area contributed by atoms with Gasteiger partial charge in [0, 0.05) is 18.7 Å². The van der Waals surface area contributed by atoms with Crippen LogP contribution in [0.5, 0.6) is 5.75 Å². The summed E-state index contributed by atoms with van der Waals surface area (Å²) >= 11 is 0. The molecule has 1 heterocycles. The number of nitrogens with zero attached hydrogens (tertiary/aromatic N) is 1. The number of ether oxygens (including phenoxy) is 1. The van der Waals surface area contributed by atoms with Crippen LogP contribution in [0, 0.1) is 5.82 Å². The van der Waals surface area contributed by atoms with E-state index in [1.165, 1.54) is 18.2 Å². The molecule has 114 valence electrons. The number of carbonyl (C=O) groups excluding carboxylic acids is 1. The van der Waals surface area contributed by atoms with E-state index >= 15 is 0 Å². The Labute approximate surface area is 122 Å². The first-order valence-electron chi connectivity index (χ1n) is 6.96. The molecule has 0 aliphatic carbocycles. The van der Waals surface area contributed by atoms with Crippen LogP contribution >= 0.6 is 0 Å². The lowest BCUT2D eigenvalue weighted by Gasteiger charge is -2.34. The zero-order valence-electron chi connectivity index (χ0n) is 11.6. The number of halogens is 1. The van der Waals surface area contributed by atoms with Crippen molar-refractivity contribution >= 4 is 11.9 Å². The molecule has 1 saturated heterocycles. The van der Waals surface area contributed by atoms with E-state index in [4.69, 9.17) is 9.84 Å². The van der Waals surface area contributed by atoms with Gasteiger partial charge in [0.05, 0.1) is 6.42 Å². The second-order valence-electron chi connectivity index (χ2n) is 5.08. The quantitative estimate of drug-likeness (QED) is 0.903. The van der Waals surface area contributed by atoms with E-state index < -0.39 is 11.8 Å². The van der Waals surface area contributed by atoms with Crippen molar-refractivity contribution in [2.75, 3.05) is 13.2 Å². The molecule has 1 aliphatic rings. The summed E-state index contributed by atoms with van der Waals surface area (Å²) in [5, 5.41) is 8.89. The predicted molar refractivity (Wildman–Crippen MR) is 73.5 cm³/mol. The van der Waals surface area contributed by atoms with Crippen molar-refractivity contribution in [1.29, 1.82) is 0 Å². The summed E-state index contributed by atoms with van der Waals surface area (Å²) in [4.78, 5) is 24.6. The molecule has 0 aromatic heterocycles. The minimum Gasteiger partial charge on any atom is -0.484 e. The molecular formula is C15H18FNO4. The number of piperidine rings is 1. The van der Waals surface area contributed by atoms with Crippen molar-refractivity contribution in [2.45, 2.75) is 31.7 Å². The smallest absolute Gasteiger partial charge is 0.305 e. The summed E-state index contributed by atoms with van der Waals surface area (Å²) in [5.41, 5.74) is 0. The van der Waals surface area contributed by atoms with Gasteiger partial charge in [-0.15, -0.1) is 0 Å². The van der Waals surface area contributed by atoms with Crippen molar-refractivity contribution in [1.82, 2.24) is 4.90 Å². The molecule has 1 aromatic carbocycles. The van der Waals surface area contributed by atoms with Gasteiger partial charge in [-0.05, 0) is 31.4 Å². The van der Waals surface area contributed by atoms with Crippen LogP contribution in [0.4, 0.5) is 4.39 Å². The minimum absolute atomic E-state index is 0.0499. The first kappa shape index (κ1) is 15.3. The number of aliphatic carboxylic acids is 1. The molecule has 1 aromatic rings. The standard InChI is InChI=1S/C15H18FNO4/c16-11-4-3-6-13(8-11)21-10-14(18)17-7-2-1-5-12(17)9-15(19)20/h3-4,6,8,12H,1-2,5,7,9-10H2,(H,19,20). The second-order valence-corrected chi connectivity index (χ2v) is 5.08. The van der Waals surface area contributed by atoms with Crippen molar-refractivity contribution in [3.8, 4) is 5.75 Å². The fourth-order valence-corrected chi connectivity index (χ4v) is 2.53. The molecule has 6 heteroatoms. The van der Waals surface area contributed by atoms with Gasteiger partial charge in [-0.1, -0.05) is 6.07 Å². The van der Waals surface area contributed by atoms with E-state index in [-0.39, 0.29) is 30.7 Å². The van der Waals surface area contributed by atoms with Gasteiger partial charge < -0.3 is 14.7 Å². The molecule has 0 radical (unpaired) electrons. The van der Waals surface area contributed by atoms with E-state index in [0.29, 0.717) is 13.0 Å². The molecular weight excluding hydrogens is 277 g/mol. The van der Waals surface area contributed by atoms with Crippen LogP contribution in [0.25, 0.3) is 0 Å². The van der Waals surface area contributed by atoms with E-state index in [9.17, 15) is 14.0 Å². The van der Waals surface area contributed by atoms with Crippen molar-refractivity contribution < 1.29 is 23.8 Å². The van der Waals surface area contributed by atoms with Gasteiger partial charge in [-0.25, -0.2) is 4.39 Å². The van der Waals surface area contributed by atoms with Crippen molar-refractivity contribution in [3.05, 3.63) is 30.1 Å². The largest absolute Gasteiger partial charge is 0.484 e. The van der Waals surface area contributed by atoms with E-state index in [1.807, 2.05) is 0 Å². The summed E-state index contributed by atoms with van der Waals surface area (Å²) in [5.74, 6) is -1.31. The van der Waals surface area contributed by atoms with E-state index in [1.54, 1.807) is 11.0 Å². The van der Waals surface area contributed by atoms with Gasteiger partial charge in [0.25, 0.3) is 5.91 Å². The Morgan fingerprint density at radius 1 is 1.38 bits per heavy atom. The maximum absolute atomic E-state index is 13.0. The van der Waals surface area contributed by atoms with Crippen LogP contribution in [0.15, 0.2) is 24.3 Å². The van der Waals surface area contributed by atoms with Crippen LogP contribution in [-0.4, -0.2) is 41.1 Å². The van der Waals surface area contributed by atoms with Gasteiger partial charge in [0.1, 0.15) is 11.6 Å². The Morgan fingerprint density at radius 2 is 2.19 bits per heavy atom. The average Bonchev–Trinajstić information content (AvgIpc) is 2.45. The number of rotatable bonds is 5. The third-order valence-corrected chi connectivity index (χ3v) is 3.52. The molecule has 1 aliphatic heterocycles. The first-order valence-corrected chi connectivity index (χ1v) is 6.96. The highest BCUT2D eigenvalue weighted by Gasteiger charge is 2.28. The van der Waals surface area contributed by atoms with Crippen molar-refractivity contribution in [2.24, 2.45) is 0 Å². The van der Waals surface area contributed by atoms with Crippen LogP contribution < -0.4 is 4.74 Å². The lowest BCUT2D eigenvalue weighted by molar-refractivity contribution is -0.142. The molecule has 0 saturated carbocycles. The third-order valence-electron chi connectivity index (χ3n) is 3.52. The van der Waals surface area contributed by atoms with Gasteiger partial charge in [0.2, 0.25) is 0 Å². The lowest BCUT2D eigenvalue weighted by atomic mass is 9.99. The number of carboxylic acids is 1. The highest BCUT2D eigenvalue weighted by molar-refractivity contribution is 5.79. The van der Waals surface area contributed by atoms with Gasteiger partial charge in [-0.3, -0.25) is 9.59 Å². The number of carboxylic acid groups (broad SMARTS) is 1. The summed E-state index contributed by atoms with van der Waals surface area (Å²) in [6, 6.07) is 5.30. The first-order chi connectivity index (χ1) is 10.1. The van der Waals surface area contributed by atoms with Crippen LogP contribution in [0.2, 0.25) is 0 Å². The molecule has 1 amide bonds. The predicted octanol–water partition coefficient (Wildman–Crippen LogP) is 2.06. The molecule has 2 rings (SSSR count). The number of hydrogen-bond donors (Lipinski definition) is 1. The molecule has 21 heavy (non-hydrogen) atoms. The molecule has 0 spiro atoms. The van der Waals surface area contributed by atoms with Gasteiger partial charge in [0.15, 0.2) is 6.61 Å². The maximum Gasteiger partial charge on any atom is 0.305 e. The molecule has 0 bridgehead atoms. The number of hydrogen-bond acceptors (Lipinski definition) is 3. The maximum atomic E-state index is 13.0. The highest BCUT2D eigenvalue weighted by Crippen LogP contribution is 2.20. The van der Waals surface area contributed by atoms with E-state index in [2.05, 4.69) is 0 Å². The fraction of sp³-hybridized carbons (Fsp3) is 0.467. The third kappa shape index (κ3) is 4.44. The van der Waals surface area contributed by atoms with Crippen molar-refractivity contribution in [3.63, 3.8) is 0 Å².